The number of para-hydroxylation sites is 1. The monoisotopic (exact) mass is 399 g/mol. The Morgan fingerprint density at radius 1 is 1.33 bits per heavy atom. The topological polar surface area (TPSA) is 45.2 Å². The summed E-state index contributed by atoms with van der Waals surface area (Å²) < 4.78 is 1.25. The third kappa shape index (κ3) is 4.39. The molecule has 1 fully saturated rings. The summed E-state index contributed by atoms with van der Waals surface area (Å²) in [6.07, 6.45) is 3.18. The lowest BCUT2D eigenvalue weighted by Crippen LogP contribution is -2.49. The number of hydrogen-bond donors (Lipinski definition) is 1. The van der Waals surface area contributed by atoms with Gasteiger partial charge in [0.05, 0.1) is 21.3 Å². The van der Waals surface area contributed by atoms with Crippen molar-refractivity contribution in [1.82, 2.24) is 15.2 Å². The smallest absolute Gasteiger partial charge is 0.237 e. The number of nitrogens with one attached hydrogen (secondary N) is 1. The van der Waals surface area contributed by atoms with Crippen molar-refractivity contribution >= 4 is 38.8 Å². The SMILES string of the molecule is C[C@@H](C(=O)NCCc1cccs1)N1CCC[C@H](c2nc3ccccc3s2)C1. The van der Waals surface area contributed by atoms with Gasteiger partial charge in [-0.1, -0.05) is 18.2 Å². The molecule has 1 amide bonds. The average Bonchev–Trinajstić information content (AvgIpc) is 3.37. The number of carbonyl (C=O) groups excluding carboxylic acids is 1. The number of rotatable bonds is 6. The Hall–Kier alpha value is -1.76. The molecule has 0 saturated carbocycles. The summed E-state index contributed by atoms with van der Waals surface area (Å²) in [5.41, 5.74) is 1.09. The zero-order valence-electron chi connectivity index (χ0n) is 15.6. The number of aromatic nitrogens is 1. The van der Waals surface area contributed by atoms with E-state index in [0.29, 0.717) is 12.5 Å². The number of hydrogen-bond acceptors (Lipinski definition) is 5. The van der Waals surface area contributed by atoms with Crippen LogP contribution in [0.15, 0.2) is 41.8 Å². The van der Waals surface area contributed by atoms with Crippen molar-refractivity contribution in [3.63, 3.8) is 0 Å². The predicted octanol–water partition coefficient (Wildman–Crippen LogP) is 4.28. The molecule has 0 unspecified atom stereocenters. The molecule has 1 N–H and O–H groups in total. The lowest BCUT2D eigenvalue weighted by atomic mass is 9.97. The van der Waals surface area contributed by atoms with Crippen LogP contribution in [-0.2, 0) is 11.2 Å². The fourth-order valence-corrected chi connectivity index (χ4v) is 5.50. The minimum atomic E-state index is -0.0921. The second-order valence-corrected chi connectivity index (χ2v) is 9.24. The van der Waals surface area contributed by atoms with E-state index in [0.717, 1.165) is 37.9 Å². The van der Waals surface area contributed by atoms with Gasteiger partial charge in [0.25, 0.3) is 0 Å². The maximum Gasteiger partial charge on any atom is 0.237 e. The van der Waals surface area contributed by atoms with Gasteiger partial charge >= 0.3 is 0 Å². The van der Waals surface area contributed by atoms with Gasteiger partial charge in [-0.3, -0.25) is 9.69 Å². The van der Waals surface area contributed by atoms with Crippen LogP contribution >= 0.6 is 22.7 Å². The van der Waals surface area contributed by atoms with Gasteiger partial charge in [-0.15, -0.1) is 22.7 Å². The molecular formula is C21H25N3OS2. The van der Waals surface area contributed by atoms with Crippen LogP contribution in [0.4, 0.5) is 0 Å². The highest BCUT2D eigenvalue weighted by atomic mass is 32.1. The fourth-order valence-electron chi connectivity index (χ4n) is 3.70. The van der Waals surface area contributed by atoms with Crippen molar-refractivity contribution in [2.75, 3.05) is 19.6 Å². The molecule has 0 bridgehead atoms. The van der Waals surface area contributed by atoms with Gasteiger partial charge < -0.3 is 5.32 Å². The van der Waals surface area contributed by atoms with E-state index in [1.807, 2.05) is 13.0 Å². The van der Waals surface area contributed by atoms with E-state index < -0.39 is 0 Å². The molecule has 6 heteroatoms. The lowest BCUT2D eigenvalue weighted by molar-refractivity contribution is -0.126. The second kappa shape index (κ2) is 8.50. The number of carbonyl (C=O) groups is 1. The first kappa shape index (κ1) is 18.6. The largest absolute Gasteiger partial charge is 0.354 e. The van der Waals surface area contributed by atoms with Crippen LogP contribution < -0.4 is 5.32 Å². The summed E-state index contributed by atoms with van der Waals surface area (Å²) in [4.78, 5) is 21.1. The standard InChI is InChI=1S/C21H25N3OS2/c1-15(20(25)22-11-10-17-7-5-13-26-17)24-12-4-6-16(14-24)21-23-18-8-2-3-9-19(18)27-21/h2-3,5,7-9,13,15-16H,4,6,10-12,14H2,1H3,(H,22,25)/t15-,16-/m0/s1. The molecule has 4 rings (SSSR count). The summed E-state index contributed by atoms with van der Waals surface area (Å²) in [5, 5.41) is 6.40. The molecule has 2 atom stereocenters. The second-order valence-electron chi connectivity index (χ2n) is 7.15. The van der Waals surface area contributed by atoms with Crippen LogP contribution in [0.3, 0.4) is 0 Å². The van der Waals surface area contributed by atoms with Crippen LogP contribution in [0.5, 0.6) is 0 Å². The van der Waals surface area contributed by atoms with Gasteiger partial charge in [-0.25, -0.2) is 4.98 Å². The van der Waals surface area contributed by atoms with Crippen molar-refractivity contribution in [3.05, 3.63) is 51.7 Å². The van der Waals surface area contributed by atoms with E-state index in [9.17, 15) is 4.79 Å². The molecule has 2 aromatic heterocycles. The third-order valence-electron chi connectivity index (χ3n) is 5.29. The summed E-state index contributed by atoms with van der Waals surface area (Å²) in [6, 6.07) is 12.4. The lowest BCUT2D eigenvalue weighted by Gasteiger charge is -2.35. The van der Waals surface area contributed by atoms with Crippen molar-refractivity contribution in [2.24, 2.45) is 0 Å². The first-order valence-corrected chi connectivity index (χ1v) is 11.3. The number of thiophene rings is 1. The minimum Gasteiger partial charge on any atom is -0.354 e. The molecule has 4 nitrogen and oxygen atoms in total. The number of piperidine rings is 1. The molecule has 0 aliphatic carbocycles. The molecule has 3 aromatic rings. The van der Waals surface area contributed by atoms with Gasteiger partial charge in [0, 0.05) is 23.9 Å². The summed E-state index contributed by atoms with van der Waals surface area (Å²) >= 11 is 3.54. The highest BCUT2D eigenvalue weighted by Crippen LogP contribution is 2.33. The third-order valence-corrected chi connectivity index (χ3v) is 7.43. The van der Waals surface area contributed by atoms with Crippen LogP contribution in [-0.4, -0.2) is 41.5 Å². The van der Waals surface area contributed by atoms with Gasteiger partial charge in [0.1, 0.15) is 0 Å². The van der Waals surface area contributed by atoms with Crippen molar-refractivity contribution in [3.8, 4) is 0 Å². The van der Waals surface area contributed by atoms with Crippen molar-refractivity contribution < 1.29 is 4.79 Å². The first-order valence-electron chi connectivity index (χ1n) is 9.60. The molecule has 0 radical (unpaired) electrons. The number of likely N-dealkylation sites (tertiary alicyclic amines) is 1. The predicted molar refractivity (Wildman–Crippen MR) is 114 cm³/mol. The minimum absolute atomic E-state index is 0.0921. The Kier molecular flexibility index (Phi) is 5.86. The van der Waals surface area contributed by atoms with Crippen LogP contribution in [0.1, 0.15) is 35.6 Å². The average molecular weight is 400 g/mol. The van der Waals surface area contributed by atoms with Gasteiger partial charge in [0.2, 0.25) is 5.91 Å². The zero-order chi connectivity index (χ0) is 18.6. The molecule has 1 saturated heterocycles. The molecule has 142 valence electrons. The highest BCUT2D eigenvalue weighted by molar-refractivity contribution is 7.18. The molecule has 1 aromatic carbocycles. The van der Waals surface area contributed by atoms with Gasteiger partial charge in [-0.2, -0.15) is 0 Å². The Morgan fingerprint density at radius 3 is 3.04 bits per heavy atom. The maximum atomic E-state index is 12.6. The Balaban J connectivity index is 1.34. The molecule has 27 heavy (non-hydrogen) atoms. The summed E-state index contributed by atoms with van der Waals surface area (Å²) in [5.74, 6) is 0.564. The maximum absolute atomic E-state index is 12.6. The van der Waals surface area contributed by atoms with E-state index >= 15 is 0 Å². The zero-order valence-corrected chi connectivity index (χ0v) is 17.2. The Bertz CT molecular complexity index is 857. The molecule has 0 spiro atoms. The van der Waals surface area contributed by atoms with Crippen LogP contribution in [0.2, 0.25) is 0 Å². The van der Waals surface area contributed by atoms with Gasteiger partial charge in [-0.05, 0) is 56.3 Å². The van der Waals surface area contributed by atoms with Crippen molar-refractivity contribution in [1.29, 1.82) is 0 Å². The molecule has 1 aliphatic rings. The molecule has 3 heterocycles. The summed E-state index contributed by atoms with van der Waals surface area (Å²) in [6.45, 7) is 4.64. The number of amides is 1. The Labute approximate surface area is 168 Å². The van der Waals surface area contributed by atoms with Gasteiger partial charge in [0.15, 0.2) is 0 Å². The van der Waals surface area contributed by atoms with E-state index in [-0.39, 0.29) is 11.9 Å². The first-order chi connectivity index (χ1) is 13.2. The number of nitrogens with zero attached hydrogens (tertiary/aromatic N) is 2. The number of fused-ring (bicyclic) bond motifs is 1. The van der Waals surface area contributed by atoms with Crippen molar-refractivity contribution in [2.45, 2.75) is 38.1 Å². The molecular weight excluding hydrogens is 374 g/mol. The van der Waals surface area contributed by atoms with Crippen LogP contribution in [0, 0.1) is 0 Å². The van der Waals surface area contributed by atoms with E-state index in [2.05, 4.69) is 45.9 Å². The van der Waals surface area contributed by atoms with E-state index in [4.69, 9.17) is 4.98 Å². The highest BCUT2D eigenvalue weighted by Gasteiger charge is 2.29. The van der Waals surface area contributed by atoms with E-state index in [1.165, 1.54) is 14.6 Å². The summed E-state index contributed by atoms with van der Waals surface area (Å²) in [7, 11) is 0. The number of benzene rings is 1. The quantitative estimate of drug-likeness (QED) is 0.673. The Morgan fingerprint density at radius 2 is 2.22 bits per heavy atom. The van der Waals surface area contributed by atoms with E-state index in [1.54, 1.807) is 22.7 Å². The molecule has 1 aliphatic heterocycles. The normalized spacial score (nSPS) is 19.2. The van der Waals surface area contributed by atoms with Crippen LogP contribution in [0.25, 0.3) is 10.2 Å². The fraction of sp³-hybridized carbons (Fsp3) is 0.429. The number of thiazole rings is 1.